The molecule has 2 rings (SSSR count). The molecule has 1 fully saturated rings. The standard InChI is InChI=1S/C14H23N3/c1-11-4-5-13(10-14(11)16(2)3)17-8-6-12(15)7-9-17/h4-5,10,12H,6-9,15H2,1-3H3. The Balaban J connectivity index is 2.19. The van der Waals surface area contributed by atoms with Gasteiger partial charge in [-0.25, -0.2) is 0 Å². The zero-order valence-electron chi connectivity index (χ0n) is 11.1. The molecule has 0 spiro atoms. The first-order chi connectivity index (χ1) is 8.08. The summed E-state index contributed by atoms with van der Waals surface area (Å²) in [6.07, 6.45) is 2.20. The number of anilines is 2. The summed E-state index contributed by atoms with van der Waals surface area (Å²) in [6.45, 7) is 4.32. The van der Waals surface area contributed by atoms with Crippen LogP contribution in [0, 0.1) is 6.92 Å². The number of nitrogens with zero attached hydrogens (tertiary/aromatic N) is 2. The van der Waals surface area contributed by atoms with E-state index in [9.17, 15) is 0 Å². The quantitative estimate of drug-likeness (QED) is 0.848. The highest BCUT2D eigenvalue weighted by Gasteiger charge is 2.17. The molecule has 1 aromatic rings. The maximum atomic E-state index is 5.94. The van der Waals surface area contributed by atoms with Crippen LogP contribution in [-0.4, -0.2) is 33.2 Å². The molecule has 94 valence electrons. The number of piperidine rings is 1. The predicted molar refractivity (Wildman–Crippen MR) is 74.9 cm³/mol. The van der Waals surface area contributed by atoms with Crippen LogP contribution >= 0.6 is 0 Å². The van der Waals surface area contributed by atoms with Gasteiger partial charge in [-0.2, -0.15) is 0 Å². The first-order valence-electron chi connectivity index (χ1n) is 6.36. The molecule has 1 heterocycles. The SMILES string of the molecule is Cc1ccc(N2CCC(N)CC2)cc1N(C)C. The van der Waals surface area contributed by atoms with Crippen LogP contribution in [-0.2, 0) is 0 Å². The van der Waals surface area contributed by atoms with Crippen molar-refractivity contribution in [2.75, 3.05) is 37.0 Å². The average molecular weight is 233 g/mol. The molecule has 3 nitrogen and oxygen atoms in total. The van der Waals surface area contributed by atoms with Crippen molar-refractivity contribution in [3.63, 3.8) is 0 Å². The van der Waals surface area contributed by atoms with Crippen LogP contribution < -0.4 is 15.5 Å². The van der Waals surface area contributed by atoms with E-state index in [-0.39, 0.29) is 0 Å². The van der Waals surface area contributed by atoms with E-state index in [1.165, 1.54) is 16.9 Å². The molecule has 1 aliphatic rings. The molecule has 17 heavy (non-hydrogen) atoms. The van der Waals surface area contributed by atoms with Crippen LogP contribution in [0.25, 0.3) is 0 Å². The van der Waals surface area contributed by atoms with Gasteiger partial charge in [0.25, 0.3) is 0 Å². The maximum Gasteiger partial charge on any atom is 0.0411 e. The molecule has 0 saturated carbocycles. The van der Waals surface area contributed by atoms with E-state index in [1.807, 2.05) is 0 Å². The fourth-order valence-corrected chi connectivity index (χ4v) is 2.43. The molecule has 0 aliphatic carbocycles. The maximum absolute atomic E-state index is 5.94. The van der Waals surface area contributed by atoms with E-state index in [0.717, 1.165) is 25.9 Å². The largest absolute Gasteiger partial charge is 0.377 e. The summed E-state index contributed by atoms with van der Waals surface area (Å²) in [5.41, 5.74) is 9.90. The molecule has 1 aliphatic heterocycles. The molecule has 1 aromatic carbocycles. The fraction of sp³-hybridized carbons (Fsp3) is 0.571. The van der Waals surface area contributed by atoms with Gasteiger partial charge in [-0.15, -0.1) is 0 Å². The van der Waals surface area contributed by atoms with Crippen LogP contribution in [0.2, 0.25) is 0 Å². The molecule has 0 amide bonds. The van der Waals surface area contributed by atoms with Crippen LogP contribution in [0.5, 0.6) is 0 Å². The zero-order valence-corrected chi connectivity index (χ0v) is 11.1. The number of aryl methyl sites for hydroxylation is 1. The monoisotopic (exact) mass is 233 g/mol. The predicted octanol–water partition coefficient (Wildman–Crippen LogP) is 1.99. The van der Waals surface area contributed by atoms with Crippen molar-refractivity contribution >= 4 is 11.4 Å². The van der Waals surface area contributed by atoms with E-state index in [2.05, 4.69) is 49.0 Å². The highest BCUT2D eigenvalue weighted by atomic mass is 15.1. The van der Waals surface area contributed by atoms with Gasteiger partial charge < -0.3 is 15.5 Å². The number of nitrogens with two attached hydrogens (primary N) is 1. The highest BCUT2D eigenvalue weighted by molar-refractivity contribution is 5.63. The molecule has 0 bridgehead atoms. The van der Waals surface area contributed by atoms with Gasteiger partial charge in [0.15, 0.2) is 0 Å². The van der Waals surface area contributed by atoms with Gasteiger partial charge in [0.1, 0.15) is 0 Å². The van der Waals surface area contributed by atoms with Crippen LogP contribution in [0.3, 0.4) is 0 Å². The molecule has 0 unspecified atom stereocenters. The second-order valence-corrected chi connectivity index (χ2v) is 5.19. The lowest BCUT2D eigenvalue weighted by atomic mass is 10.0. The van der Waals surface area contributed by atoms with Crippen molar-refractivity contribution in [2.45, 2.75) is 25.8 Å². The minimum absolute atomic E-state index is 0.394. The normalized spacial score (nSPS) is 17.3. The summed E-state index contributed by atoms with van der Waals surface area (Å²) in [5.74, 6) is 0. The van der Waals surface area contributed by atoms with Crippen LogP contribution in [0.1, 0.15) is 18.4 Å². The summed E-state index contributed by atoms with van der Waals surface area (Å²) in [4.78, 5) is 4.62. The highest BCUT2D eigenvalue weighted by Crippen LogP contribution is 2.26. The summed E-state index contributed by atoms with van der Waals surface area (Å²) >= 11 is 0. The first kappa shape index (κ1) is 12.2. The van der Waals surface area contributed by atoms with Crippen molar-refractivity contribution < 1.29 is 0 Å². The molecule has 0 atom stereocenters. The van der Waals surface area contributed by atoms with Gasteiger partial charge in [-0.3, -0.25) is 0 Å². The van der Waals surface area contributed by atoms with Gasteiger partial charge in [-0.05, 0) is 37.5 Å². The average Bonchev–Trinajstić information content (AvgIpc) is 2.30. The van der Waals surface area contributed by atoms with Crippen molar-refractivity contribution in [1.82, 2.24) is 0 Å². The molecular weight excluding hydrogens is 210 g/mol. The number of hydrogen-bond donors (Lipinski definition) is 1. The number of rotatable bonds is 2. The third kappa shape index (κ3) is 2.72. The number of hydrogen-bond acceptors (Lipinski definition) is 3. The van der Waals surface area contributed by atoms with E-state index in [4.69, 9.17) is 5.73 Å². The Morgan fingerprint density at radius 1 is 1.24 bits per heavy atom. The third-order valence-corrected chi connectivity index (χ3v) is 3.58. The van der Waals surface area contributed by atoms with E-state index in [1.54, 1.807) is 0 Å². The van der Waals surface area contributed by atoms with Gasteiger partial charge >= 0.3 is 0 Å². The smallest absolute Gasteiger partial charge is 0.0411 e. The second kappa shape index (κ2) is 4.96. The Bertz CT molecular complexity index is 379. The molecule has 0 aromatic heterocycles. The van der Waals surface area contributed by atoms with Crippen LogP contribution in [0.15, 0.2) is 18.2 Å². The Hall–Kier alpha value is -1.22. The summed E-state index contributed by atoms with van der Waals surface area (Å²) < 4.78 is 0. The van der Waals surface area contributed by atoms with Crippen molar-refractivity contribution in [1.29, 1.82) is 0 Å². The third-order valence-electron chi connectivity index (χ3n) is 3.58. The first-order valence-corrected chi connectivity index (χ1v) is 6.36. The molecule has 3 heteroatoms. The van der Waals surface area contributed by atoms with E-state index in [0.29, 0.717) is 6.04 Å². The van der Waals surface area contributed by atoms with Gasteiger partial charge in [0.05, 0.1) is 0 Å². The molecule has 2 N–H and O–H groups in total. The Morgan fingerprint density at radius 2 is 1.88 bits per heavy atom. The fourth-order valence-electron chi connectivity index (χ4n) is 2.43. The van der Waals surface area contributed by atoms with Crippen molar-refractivity contribution in [2.24, 2.45) is 5.73 Å². The Morgan fingerprint density at radius 3 is 2.47 bits per heavy atom. The van der Waals surface area contributed by atoms with Crippen molar-refractivity contribution in [3.05, 3.63) is 23.8 Å². The van der Waals surface area contributed by atoms with E-state index >= 15 is 0 Å². The topological polar surface area (TPSA) is 32.5 Å². The summed E-state index contributed by atoms with van der Waals surface area (Å²) in [6, 6.07) is 7.11. The van der Waals surface area contributed by atoms with Gasteiger partial charge in [0, 0.05) is 44.6 Å². The Kier molecular flexibility index (Phi) is 3.57. The summed E-state index contributed by atoms with van der Waals surface area (Å²) in [7, 11) is 4.19. The second-order valence-electron chi connectivity index (χ2n) is 5.19. The summed E-state index contributed by atoms with van der Waals surface area (Å²) in [5, 5.41) is 0. The van der Waals surface area contributed by atoms with Crippen LogP contribution in [0.4, 0.5) is 11.4 Å². The molecule has 0 radical (unpaired) electrons. The zero-order chi connectivity index (χ0) is 12.4. The Labute approximate surface area is 104 Å². The minimum atomic E-state index is 0.394. The lowest BCUT2D eigenvalue weighted by Crippen LogP contribution is -2.39. The van der Waals surface area contributed by atoms with Gasteiger partial charge in [0.2, 0.25) is 0 Å². The van der Waals surface area contributed by atoms with E-state index < -0.39 is 0 Å². The van der Waals surface area contributed by atoms with Crippen molar-refractivity contribution in [3.8, 4) is 0 Å². The molecule has 1 saturated heterocycles. The lowest BCUT2D eigenvalue weighted by molar-refractivity contribution is 0.501. The van der Waals surface area contributed by atoms with Gasteiger partial charge in [-0.1, -0.05) is 6.07 Å². The minimum Gasteiger partial charge on any atom is -0.377 e. The molecular formula is C14H23N3. The lowest BCUT2D eigenvalue weighted by Gasteiger charge is -2.32. The number of benzene rings is 1.